The lowest BCUT2D eigenvalue weighted by Crippen LogP contribution is -2.31. The van der Waals surface area contributed by atoms with Gasteiger partial charge in [0.2, 0.25) is 0 Å². The largest absolute Gasteiger partial charge is 0.371 e. The summed E-state index contributed by atoms with van der Waals surface area (Å²) in [4.78, 5) is 13.7. The van der Waals surface area contributed by atoms with Crippen molar-refractivity contribution in [2.24, 2.45) is 11.7 Å². The number of carbonyl (C=O) groups excluding carboxylic acids is 1. The molecule has 0 aromatic carbocycles. The van der Waals surface area contributed by atoms with Crippen LogP contribution < -0.4 is 5.73 Å². The summed E-state index contributed by atoms with van der Waals surface area (Å²) in [5.74, 6) is 0.423. The molecule has 2 unspecified atom stereocenters. The molecule has 0 saturated heterocycles. The van der Waals surface area contributed by atoms with E-state index in [1.165, 1.54) is 5.70 Å². The van der Waals surface area contributed by atoms with Crippen molar-refractivity contribution in [3.8, 4) is 0 Å². The minimum atomic E-state index is 0.0163. The van der Waals surface area contributed by atoms with Gasteiger partial charge in [0, 0.05) is 24.2 Å². The first kappa shape index (κ1) is 10.2. The second kappa shape index (κ2) is 3.66. The maximum Gasteiger partial charge on any atom is 0.176 e. The van der Waals surface area contributed by atoms with Crippen LogP contribution in [0.25, 0.3) is 0 Å². The third kappa shape index (κ3) is 1.63. The van der Waals surface area contributed by atoms with Crippen LogP contribution in [-0.2, 0) is 4.79 Å². The van der Waals surface area contributed by atoms with Gasteiger partial charge in [0.15, 0.2) is 5.78 Å². The van der Waals surface area contributed by atoms with Gasteiger partial charge in [-0.1, -0.05) is 24.3 Å². The van der Waals surface area contributed by atoms with E-state index in [4.69, 9.17) is 5.73 Å². The van der Waals surface area contributed by atoms with E-state index in [1.54, 1.807) is 0 Å². The van der Waals surface area contributed by atoms with E-state index in [-0.39, 0.29) is 12.3 Å². The minimum Gasteiger partial charge on any atom is -0.371 e. The molecule has 1 aliphatic carbocycles. The van der Waals surface area contributed by atoms with Crippen molar-refractivity contribution < 1.29 is 4.79 Å². The number of nitrogens with zero attached hydrogens (tertiary/aromatic N) is 1. The van der Waals surface area contributed by atoms with Crippen LogP contribution in [-0.4, -0.2) is 30.3 Å². The normalized spacial score (nSPS) is 28.6. The zero-order chi connectivity index (χ0) is 11.0. The molecule has 0 radical (unpaired) electrons. The molecule has 2 N–H and O–H groups in total. The zero-order valence-electron chi connectivity index (χ0n) is 9.10. The summed E-state index contributed by atoms with van der Waals surface area (Å²) in [7, 11) is 2.05. The summed E-state index contributed by atoms with van der Waals surface area (Å²) >= 11 is 0. The molecule has 1 aliphatic heterocycles. The Morgan fingerprint density at radius 3 is 2.93 bits per heavy atom. The number of hydrogen-bond donors (Lipinski definition) is 1. The Hall–Kier alpha value is -1.35. The van der Waals surface area contributed by atoms with Gasteiger partial charge in [0.25, 0.3) is 0 Å². The third-order valence-electron chi connectivity index (χ3n) is 3.19. The molecule has 1 heterocycles. The number of allylic oxidation sites excluding steroid dienone is 2. The molecule has 3 heteroatoms. The molecular formula is C12H16N2O. The summed E-state index contributed by atoms with van der Waals surface area (Å²) in [6.07, 6.45) is 8.22. The highest BCUT2D eigenvalue weighted by atomic mass is 16.1. The van der Waals surface area contributed by atoms with Crippen LogP contribution in [0, 0.1) is 5.92 Å². The van der Waals surface area contributed by atoms with Crippen LogP contribution in [0.3, 0.4) is 0 Å². The predicted molar refractivity (Wildman–Crippen MR) is 60.1 cm³/mol. The van der Waals surface area contributed by atoms with Gasteiger partial charge in [-0.15, -0.1) is 0 Å². The Morgan fingerprint density at radius 2 is 2.27 bits per heavy atom. The van der Waals surface area contributed by atoms with Gasteiger partial charge in [-0.25, -0.2) is 0 Å². The van der Waals surface area contributed by atoms with Gasteiger partial charge in [0.1, 0.15) is 0 Å². The van der Waals surface area contributed by atoms with Crippen molar-refractivity contribution in [3.63, 3.8) is 0 Å². The summed E-state index contributed by atoms with van der Waals surface area (Å²) in [6, 6.07) is 0.292. The predicted octanol–water partition coefficient (Wildman–Crippen LogP) is 0.844. The van der Waals surface area contributed by atoms with Crippen molar-refractivity contribution in [2.75, 3.05) is 13.6 Å². The molecule has 80 valence electrons. The molecule has 0 amide bonds. The lowest BCUT2D eigenvalue weighted by molar-refractivity contribution is -0.114. The van der Waals surface area contributed by atoms with Gasteiger partial charge in [-0.05, 0) is 6.92 Å². The van der Waals surface area contributed by atoms with E-state index < -0.39 is 0 Å². The molecule has 15 heavy (non-hydrogen) atoms. The fourth-order valence-electron chi connectivity index (χ4n) is 2.14. The van der Waals surface area contributed by atoms with Gasteiger partial charge >= 0.3 is 0 Å². The maximum absolute atomic E-state index is 11.5. The van der Waals surface area contributed by atoms with Crippen molar-refractivity contribution in [1.29, 1.82) is 0 Å². The molecule has 2 atom stereocenters. The molecule has 0 fully saturated rings. The van der Waals surface area contributed by atoms with Crippen molar-refractivity contribution >= 4 is 5.78 Å². The number of rotatable bonds is 2. The molecule has 3 nitrogen and oxygen atoms in total. The summed E-state index contributed by atoms with van der Waals surface area (Å²) in [6.45, 7) is 2.17. The van der Waals surface area contributed by atoms with E-state index in [1.807, 2.05) is 12.2 Å². The number of nitrogens with two attached hydrogens (primary N) is 1. The quantitative estimate of drug-likeness (QED) is 0.725. The van der Waals surface area contributed by atoms with Crippen LogP contribution in [0.5, 0.6) is 0 Å². The minimum absolute atomic E-state index is 0.0163. The van der Waals surface area contributed by atoms with Crippen LogP contribution in [0.1, 0.15) is 6.92 Å². The van der Waals surface area contributed by atoms with E-state index >= 15 is 0 Å². The number of likely N-dealkylation sites (N-methyl/N-ethyl adjacent to an activating group) is 1. The van der Waals surface area contributed by atoms with E-state index in [0.29, 0.717) is 12.0 Å². The smallest absolute Gasteiger partial charge is 0.176 e. The monoisotopic (exact) mass is 204 g/mol. The average molecular weight is 204 g/mol. The van der Waals surface area contributed by atoms with Crippen LogP contribution in [0.15, 0.2) is 35.6 Å². The average Bonchev–Trinajstić information content (AvgIpc) is 2.54. The van der Waals surface area contributed by atoms with E-state index in [0.717, 1.165) is 5.57 Å². The van der Waals surface area contributed by atoms with E-state index in [9.17, 15) is 4.79 Å². The number of hydrogen-bond acceptors (Lipinski definition) is 3. The third-order valence-corrected chi connectivity index (χ3v) is 3.19. The van der Waals surface area contributed by atoms with Crippen LogP contribution in [0.4, 0.5) is 0 Å². The Labute approximate surface area is 89.9 Å². The number of carbonyl (C=O) groups is 1. The molecule has 0 bridgehead atoms. The summed E-state index contributed by atoms with van der Waals surface area (Å²) in [5, 5.41) is 0. The SMILES string of the molecule is CC1=CC2C=CC(C(=O)CN)=CC2N1C. The molecule has 2 rings (SSSR count). The topological polar surface area (TPSA) is 46.3 Å². The standard InChI is InChI=1S/C12H16N2O/c1-8-5-9-3-4-10(12(15)7-13)6-11(9)14(8)2/h3-6,9,11H,7,13H2,1-2H3. The van der Waals surface area contributed by atoms with Crippen LogP contribution >= 0.6 is 0 Å². The first-order chi connectivity index (χ1) is 7.13. The van der Waals surface area contributed by atoms with Gasteiger partial charge in [-0.2, -0.15) is 0 Å². The maximum atomic E-state index is 11.5. The van der Waals surface area contributed by atoms with Gasteiger partial charge in [-0.3, -0.25) is 4.79 Å². The van der Waals surface area contributed by atoms with Crippen LogP contribution in [0.2, 0.25) is 0 Å². The fraction of sp³-hybridized carbons (Fsp3) is 0.417. The highest BCUT2D eigenvalue weighted by Crippen LogP contribution is 2.31. The zero-order valence-corrected chi connectivity index (χ0v) is 9.10. The Morgan fingerprint density at radius 1 is 1.53 bits per heavy atom. The first-order valence-electron chi connectivity index (χ1n) is 5.18. The molecular weight excluding hydrogens is 188 g/mol. The first-order valence-corrected chi connectivity index (χ1v) is 5.18. The second-order valence-electron chi connectivity index (χ2n) is 4.10. The number of ketones is 1. The van der Waals surface area contributed by atoms with Crippen molar-refractivity contribution in [2.45, 2.75) is 13.0 Å². The molecule has 0 aromatic heterocycles. The lowest BCUT2D eigenvalue weighted by Gasteiger charge is -2.26. The van der Waals surface area contributed by atoms with Gasteiger partial charge < -0.3 is 10.6 Å². The molecule has 0 aromatic rings. The fourth-order valence-corrected chi connectivity index (χ4v) is 2.14. The molecule has 2 aliphatic rings. The van der Waals surface area contributed by atoms with Crippen molar-refractivity contribution in [3.05, 3.63) is 35.6 Å². The van der Waals surface area contributed by atoms with Crippen molar-refractivity contribution in [1.82, 2.24) is 4.90 Å². The Kier molecular flexibility index (Phi) is 2.49. The summed E-state index contributed by atoms with van der Waals surface area (Å²) in [5.41, 5.74) is 7.35. The highest BCUT2D eigenvalue weighted by Gasteiger charge is 2.29. The second-order valence-corrected chi connectivity index (χ2v) is 4.10. The highest BCUT2D eigenvalue weighted by molar-refractivity contribution is 5.99. The Bertz CT molecular complexity index is 379. The van der Waals surface area contributed by atoms with Gasteiger partial charge in [0.05, 0.1) is 12.6 Å². The number of fused-ring (bicyclic) bond motifs is 1. The lowest BCUT2D eigenvalue weighted by atomic mass is 9.91. The summed E-state index contributed by atoms with van der Waals surface area (Å²) < 4.78 is 0. The van der Waals surface area contributed by atoms with E-state index in [2.05, 4.69) is 31.0 Å². The molecule has 0 saturated carbocycles. The molecule has 0 spiro atoms. The number of Topliss-reactive ketones (excluding diaryl/α,β-unsaturated/α-hetero) is 1. The Balaban J connectivity index is 2.24.